The number of hydrogen-bond acceptors (Lipinski definition) is 6. The molecule has 9 nitrogen and oxygen atoms in total. The molecule has 0 unspecified atom stereocenters. The number of fused-ring (bicyclic) bond motifs is 1. The molecule has 0 atom stereocenters. The highest BCUT2D eigenvalue weighted by Crippen LogP contribution is 2.25. The Morgan fingerprint density at radius 3 is 2.68 bits per heavy atom. The number of amides is 2. The molecule has 2 N–H and O–H groups in total. The summed E-state index contributed by atoms with van der Waals surface area (Å²) in [5, 5.41) is 2.12. The van der Waals surface area contributed by atoms with Gasteiger partial charge >= 0.3 is 0 Å². The molecule has 34 heavy (non-hydrogen) atoms. The second-order valence-electron chi connectivity index (χ2n) is 7.57. The summed E-state index contributed by atoms with van der Waals surface area (Å²) >= 11 is 1.16. The van der Waals surface area contributed by atoms with Crippen molar-refractivity contribution >= 4 is 54.9 Å². The molecule has 2 aromatic heterocycles. The normalized spacial score (nSPS) is 14.6. The lowest BCUT2D eigenvalue weighted by Gasteiger charge is -2.34. The third-order valence-corrected chi connectivity index (χ3v) is 7.68. The number of aromatic amines is 1. The Balaban J connectivity index is 0.00000180. The molecule has 4 aromatic rings. The first kappa shape index (κ1) is 22.0. The lowest BCUT2D eigenvalue weighted by molar-refractivity contribution is -0.120. The zero-order chi connectivity index (χ0) is 23.9. The van der Waals surface area contributed by atoms with Crippen LogP contribution in [0.5, 0.6) is 0 Å². The summed E-state index contributed by atoms with van der Waals surface area (Å²) in [4.78, 5) is 35.5. The van der Waals surface area contributed by atoms with Crippen LogP contribution in [0.4, 0.5) is 15.2 Å². The largest absolute Gasteiger partial charge is 0.360 e. The van der Waals surface area contributed by atoms with Crippen LogP contribution in [-0.2, 0) is 14.8 Å². The van der Waals surface area contributed by atoms with Gasteiger partial charge in [0.05, 0.1) is 10.5 Å². The van der Waals surface area contributed by atoms with Gasteiger partial charge < -0.3 is 14.8 Å². The molecule has 1 fully saturated rings. The third kappa shape index (κ3) is 4.01. The highest BCUT2D eigenvalue weighted by atomic mass is 32.2. The maximum atomic E-state index is 14.3. The first-order valence-corrected chi connectivity index (χ1v) is 12.6. The van der Waals surface area contributed by atoms with E-state index in [0.29, 0.717) is 11.2 Å². The van der Waals surface area contributed by atoms with Crippen molar-refractivity contribution in [3.05, 3.63) is 71.6 Å². The number of aromatic nitrogens is 2. The fourth-order valence-electron chi connectivity index (χ4n) is 3.85. The number of carbonyl (C=O) groups excluding carboxylic acids is 2. The number of sulfonamides is 1. The number of carbonyl (C=O) groups is 2. The second kappa shape index (κ2) is 8.54. The number of nitrogens with zero attached hydrogens (tertiary/aromatic N) is 3. The van der Waals surface area contributed by atoms with Crippen LogP contribution in [0.3, 0.4) is 0 Å². The number of benzene rings is 2. The maximum Gasteiger partial charge on any atom is 0.263 e. The van der Waals surface area contributed by atoms with Crippen LogP contribution in [0.25, 0.3) is 10.9 Å². The minimum Gasteiger partial charge on any atom is -0.360 e. The molecule has 0 radical (unpaired) electrons. The van der Waals surface area contributed by atoms with Gasteiger partial charge in [0.15, 0.2) is 5.13 Å². The zero-order valence-electron chi connectivity index (χ0n) is 17.6. The lowest BCUT2D eigenvalue weighted by atomic mass is 10.1. The molecule has 0 bridgehead atoms. The van der Waals surface area contributed by atoms with Gasteiger partial charge in [-0.15, -0.1) is 11.3 Å². The smallest absolute Gasteiger partial charge is 0.263 e. The van der Waals surface area contributed by atoms with Gasteiger partial charge in [0, 0.05) is 50.3 Å². The van der Waals surface area contributed by atoms with Crippen molar-refractivity contribution in [2.24, 2.45) is 0 Å². The highest BCUT2D eigenvalue weighted by molar-refractivity contribution is 7.93. The van der Waals surface area contributed by atoms with Crippen molar-refractivity contribution in [3.63, 3.8) is 0 Å². The van der Waals surface area contributed by atoms with Crippen LogP contribution in [0.1, 0.15) is 13.2 Å². The lowest BCUT2D eigenvalue weighted by Crippen LogP contribution is -2.52. The van der Waals surface area contributed by atoms with E-state index in [-0.39, 0.29) is 49.4 Å². The van der Waals surface area contributed by atoms with Crippen LogP contribution in [0, 0.1) is 5.82 Å². The highest BCUT2D eigenvalue weighted by Gasteiger charge is 2.30. The van der Waals surface area contributed by atoms with E-state index in [1.165, 1.54) is 40.4 Å². The first-order valence-electron chi connectivity index (χ1n) is 10.2. The van der Waals surface area contributed by atoms with E-state index >= 15 is 0 Å². The molecule has 1 saturated heterocycles. The fraction of sp³-hybridized carbons (Fsp3) is 0.136. The van der Waals surface area contributed by atoms with Crippen LogP contribution in [-0.4, -0.2) is 54.7 Å². The van der Waals surface area contributed by atoms with Gasteiger partial charge in [0.2, 0.25) is 5.91 Å². The van der Waals surface area contributed by atoms with Crippen molar-refractivity contribution in [1.82, 2.24) is 14.9 Å². The van der Waals surface area contributed by atoms with Gasteiger partial charge in [-0.3, -0.25) is 14.3 Å². The van der Waals surface area contributed by atoms with Gasteiger partial charge in [0.1, 0.15) is 12.4 Å². The van der Waals surface area contributed by atoms with Crippen molar-refractivity contribution in [3.8, 4) is 0 Å². The molecular formula is C22H22FN5O4S2. The summed E-state index contributed by atoms with van der Waals surface area (Å²) in [6.07, 6.45) is 2.95. The van der Waals surface area contributed by atoms with Crippen molar-refractivity contribution < 1.29 is 25.3 Å². The SMILES string of the molecule is O=C(c1c[nH]c2cccc(F)c12)N1CCN(c2ccc(S(=O)(=O)Nc3nccs3)cc2)C(=O)C1.[HH].[HH]. The predicted molar refractivity (Wildman–Crippen MR) is 130 cm³/mol. The van der Waals surface area contributed by atoms with Crippen LogP contribution >= 0.6 is 11.3 Å². The maximum absolute atomic E-state index is 14.3. The summed E-state index contributed by atoms with van der Waals surface area (Å²) in [7, 11) is -3.80. The van der Waals surface area contributed by atoms with E-state index in [2.05, 4.69) is 14.7 Å². The van der Waals surface area contributed by atoms with E-state index in [9.17, 15) is 22.4 Å². The quantitative estimate of drug-likeness (QED) is 0.432. The van der Waals surface area contributed by atoms with Crippen LogP contribution in [0.2, 0.25) is 0 Å². The molecule has 12 heteroatoms. The van der Waals surface area contributed by atoms with Crippen molar-refractivity contribution in [2.75, 3.05) is 29.3 Å². The Kier molecular flexibility index (Phi) is 5.54. The van der Waals surface area contributed by atoms with Gasteiger partial charge in [-0.2, -0.15) is 0 Å². The molecule has 2 amide bonds. The molecular weight excluding hydrogens is 481 g/mol. The molecule has 3 heterocycles. The first-order chi connectivity index (χ1) is 16.3. The molecule has 5 rings (SSSR count). The third-order valence-electron chi connectivity index (χ3n) is 5.51. The molecule has 2 aromatic carbocycles. The van der Waals surface area contributed by atoms with E-state index in [0.717, 1.165) is 11.3 Å². The molecule has 178 valence electrons. The fourth-order valence-corrected chi connectivity index (χ4v) is 5.64. The van der Waals surface area contributed by atoms with Crippen LogP contribution in [0.15, 0.2) is 65.1 Å². The number of H-pyrrole nitrogens is 1. The summed E-state index contributed by atoms with van der Waals surface area (Å²) in [5.41, 5.74) is 1.20. The second-order valence-corrected chi connectivity index (χ2v) is 10.2. The standard InChI is InChI=1S/C22H18FN5O4S2.2H2/c23-17-2-1-3-18-20(17)16(12-25-18)21(30)27-9-10-28(19(29)13-27)14-4-6-15(7-5-14)34(31,32)26-22-24-8-11-33-22;;/h1-8,11-12,25H,9-10,13H2,(H,24,26);2*1H. The average molecular weight is 504 g/mol. The monoisotopic (exact) mass is 503 g/mol. The summed E-state index contributed by atoms with van der Waals surface area (Å²) in [5.74, 6) is -1.26. The van der Waals surface area contributed by atoms with Gasteiger partial charge in [-0.25, -0.2) is 17.8 Å². The van der Waals surface area contributed by atoms with Gasteiger partial charge in [-0.05, 0) is 36.4 Å². The van der Waals surface area contributed by atoms with Gasteiger partial charge in [-0.1, -0.05) is 6.07 Å². The number of piperazine rings is 1. The summed E-state index contributed by atoms with van der Waals surface area (Å²) in [6.45, 7) is 0.293. The summed E-state index contributed by atoms with van der Waals surface area (Å²) < 4.78 is 41.7. The number of rotatable bonds is 5. The van der Waals surface area contributed by atoms with Crippen LogP contribution < -0.4 is 9.62 Å². The van der Waals surface area contributed by atoms with E-state index in [4.69, 9.17) is 0 Å². The predicted octanol–water partition coefficient (Wildman–Crippen LogP) is 3.55. The van der Waals surface area contributed by atoms with E-state index < -0.39 is 21.7 Å². The number of halogens is 1. The molecule has 1 aliphatic heterocycles. The topological polar surface area (TPSA) is 115 Å². The molecule has 0 spiro atoms. The minimum absolute atomic E-state index is 0. The minimum atomic E-state index is -3.80. The van der Waals surface area contributed by atoms with E-state index in [1.54, 1.807) is 29.6 Å². The number of thiazole rings is 1. The zero-order valence-corrected chi connectivity index (χ0v) is 19.2. The Morgan fingerprint density at radius 1 is 1.18 bits per heavy atom. The number of anilines is 2. The molecule has 1 aliphatic rings. The molecule has 0 aliphatic carbocycles. The van der Waals surface area contributed by atoms with Gasteiger partial charge in [0.25, 0.3) is 15.9 Å². The molecule has 0 saturated carbocycles. The number of nitrogens with one attached hydrogen (secondary N) is 2. The van der Waals surface area contributed by atoms with E-state index in [1.807, 2.05) is 0 Å². The van der Waals surface area contributed by atoms with Crippen molar-refractivity contribution in [2.45, 2.75) is 4.90 Å². The number of hydrogen-bond donors (Lipinski definition) is 2. The van der Waals surface area contributed by atoms with Crippen molar-refractivity contribution in [1.29, 1.82) is 0 Å². The Bertz CT molecular complexity index is 1490. The Hall–Kier alpha value is -3.77. The Morgan fingerprint density at radius 2 is 1.97 bits per heavy atom. The summed E-state index contributed by atoms with van der Waals surface area (Å²) in [6, 6.07) is 10.4. The average Bonchev–Trinajstić information content (AvgIpc) is 3.49. The Labute approximate surface area is 200 Å².